The summed E-state index contributed by atoms with van der Waals surface area (Å²) >= 11 is 5.99. The summed E-state index contributed by atoms with van der Waals surface area (Å²) in [4.78, 5) is 0. The molecule has 0 bridgehead atoms. The molecule has 2 N–H and O–H groups in total. The van der Waals surface area contributed by atoms with Gasteiger partial charge in [0.05, 0.1) is 13.2 Å². The fourth-order valence-electron chi connectivity index (χ4n) is 2.74. The van der Waals surface area contributed by atoms with Crippen molar-refractivity contribution in [3.63, 3.8) is 0 Å². The summed E-state index contributed by atoms with van der Waals surface area (Å²) in [7, 11) is 0. The summed E-state index contributed by atoms with van der Waals surface area (Å²) in [6.07, 6.45) is 2.69. The summed E-state index contributed by atoms with van der Waals surface area (Å²) in [6, 6.07) is 5.70. The predicted molar refractivity (Wildman–Crippen MR) is 66.4 cm³/mol. The monoisotopic (exact) mass is 253 g/mol. The van der Waals surface area contributed by atoms with Crippen LogP contribution in [0.15, 0.2) is 18.2 Å². The summed E-state index contributed by atoms with van der Waals surface area (Å²) < 4.78 is 11.6. The third-order valence-corrected chi connectivity index (χ3v) is 3.93. The van der Waals surface area contributed by atoms with Gasteiger partial charge in [-0.05, 0) is 18.2 Å². The zero-order valence-corrected chi connectivity index (χ0v) is 10.4. The molecule has 1 aromatic carbocycles. The van der Waals surface area contributed by atoms with E-state index in [2.05, 4.69) is 0 Å². The lowest BCUT2D eigenvalue weighted by Crippen LogP contribution is -2.47. The second-order valence-corrected chi connectivity index (χ2v) is 5.33. The number of rotatable bonds is 0. The van der Waals surface area contributed by atoms with Crippen LogP contribution < -0.4 is 10.5 Å². The van der Waals surface area contributed by atoms with Crippen molar-refractivity contribution in [3.05, 3.63) is 28.8 Å². The Balaban J connectivity index is 1.94. The number of ether oxygens (including phenoxy) is 2. The molecule has 1 fully saturated rings. The average Bonchev–Trinajstić information content (AvgIpc) is 2.31. The second kappa shape index (κ2) is 4.16. The van der Waals surface area contributed by atoms with Gasteiger partial charge in [0.25, 0.3) is 0 Å². The van der Waals surface area contributed by atoms with Crippen LogP contribution in [0.5, 0.6) is 5.75 Å². The van der Waals surface area contributed by atoms with Gasteiger partial charge in [0.2, 0.25) is 0 Å². The lowest BCUT2D eigenvalue weighted by Gasteiger charge is -2.43. The van der Waals surface area contributed by atoms with Crippen LogP contribution >= 0.6 is 11.6 Å². The molecule has 0 unspecified atom stereocenters. The molecule has 1 atom stereocenters. The molecule has 1 spiro atoms. The van der Waals surface area contributed by atoms with Gasteiger partial charge in [0.15, 0.2) is 0 Å². The number of halogens is 1. The Morgan fingerprint density at radius 2 is 2.06 bits per heavy atom. The van der Waals surface area contributed by atoms with Crippen LogP contribution in [0, 0.1) is 0 Å². The zero-order valence-electron chi connectivity index (χ0n) is 9.62. The molecule has 0 aromatic heterocycles. The van der Waals surface area contributed by atoms with Crippen molar-refractivity contribution in [1.82, 2.24) is 0 Å². The third-order valence-electron chi connectivity index (χ3n) is 3.69. The molecule has 2 aliphatic heterocycles. The maximum Gasteiger partial charge on any atom is 0.125 e. The van der Waals surface area contributed by atoms with Gasteiger partial charge in [-0.15, -0.1) is 0 Å². The molecule has 0 radical (unpaired) electrons. The van der Waals surface area contributed by atoms with Gasteiger partial charge in [-0.3, -0.25) is 0 Å². The van der Waals surface area contributed by atoms with Gasteiger partial charge in [-0.1, -0.05) is 11.6 Å². The van der Waals surface area contributed by atoms with E-state index >= 15 is 0 Å². The van der Waals surface area contributed by atoms with E-state index in [1.807, 2.05) is 18.2 Å². The highest BCUT2D eigenvalue weighted by Crippen LogP contribution is 2.43. The SMILES string of the molecule is N[C@@H]1CC2(CCOCC2)Oc2ccc(Cl)cc21. The summed E-state index contributed by atoms with van der Waals surface area (Å²) in [5.41, 5.74) is 7.14. The lowest BCUT2D eigenvalue weighted by molar-refractivity contribution is -0.0620. The molecule has 3 nitrogen and oxygen atoms in total. The summed E-state index contributed by atoms with van der Waals surface area (Å²) in [5.74, 6) is 0.884. The third kappa shape index (κ3) is 2.03. The van der Waals surface area contributed by atoms with Crippen LogP contribution in [0.3, 0.4) is 0 Å². The molecule has 0 saturated carbocycles. The minimum Gasteiger partial charge on any atom is -0.487 e. The Labute approximate surface area is 106 Å². The highest BCUT2D eigenvalue weighted by Gasteiger charge is 2.41. The van der Waals surface area contributed by atoms with Gasteiger partial charge < -0.3 is 15.2 Å². The first-order chi connectivity index (χ1) is 8.19. The summed E-state index contributed by atoms with van der Waals surface area (Å²) in [6.45, 7) is 1.52. The van der Waals surface area contributed by atoms with E-state index in [4.69, 9.17) is 26.8 Å². The van der Waals surface area contributed by atoms with E-state index in [1.54, 1.807) is 0 Å². The number of nitrogens with two attached hydrogens (primary N) is 1. The van der Waals surface area contributed by atoms with E-state index in [0.717, 1.165) is 43.8 Å². The molecule has 1 aromatic rings. The number of hydrogen-bond acceptors (Lipinski definition) is 3. The van der Waals surface area contributed by atoms with Crippen molar-refractivity contribution in [2.75, 3.05) is 13.2 Å². The molecule has 0 amide bonds. The molecule has 0 aliphatic carbocycles. The van der Waals surface area contributed by atoms with Crippen molar-refractivity contribution >= 4 is 11.6 Å². The Hall–Kier alpha value is -0.770. The van der Waals surface area contributed by atoms with Gasteiger partial charge >= 0.3 is 0 Å². The molecular formula is C13H16ClNO2. The van der Waals surface area contributed by atoms with Crippen molar-refractivity contribution in [2.24, 2.45) is 5.73 Å². The van der Waals surface area contributed by atoms with E-state index in [-0.39, 0.29) is 11.6 Å². The standard InChI is InChI=1S/C13H16ClNO2/c14-9-1-2-12-10(7-9)11(15)8-13(17-12)3-5-16-6-4-13/h1-2,7,11H,3-6,8,15H2/t11-/m1/s1. The lowest BCUT2D eigenvalue weighted by atomic mass is 9.82. The highest BCUT2D eigenvalue weighted by molar-refractivity contribution is 6.30. The van der Waals surface area contributed by atoms with Crippen LogP contribution in [-0.2, 0) is 4.74 Å². The van der Waals surface area contributed by atoms with Crippen molar-refractivity contribution in [1.29, 1.82) is 0 Å². The number of benzene rings is 1. The van der Waals surface area contributed by atoms with Crippen molar-refractivity contribution < 1.29 is 9.47 Å². The quantitative estimate of drug-likeness (QED) is 0.773. The van der Waals surface area contributed by atoms with E-state index in [9.17, 15) is 0 Å². The van der Waals surface area contributed by atoms with Crippen molar-refractivity contribution in [3.8, 4) is 5.75 Å². The largest absolute Gasteiger partial charge is 0.487 e. The summed E-state index contributed by atoms with van der Waals surface area (Å²) in [5, 5.41) is 0.714. The Morgan fingerprint density at radius 1 is 1.29 bits per heavy atom. The topological polar surface area (TPSA) is 44.5 Å². The Bertz CT molecular complexity index is 429. The minimum atomic E-state index is -0.126. The first kappa shape index (κ1) is 11.3. The normalized spacial score (nSPS) is 26.4. The van der Waals surface area contributed by atoms with Crippen molar-refractivity contribution in [2.45, 2.75) is 30.9 Å². The first-order valence-electron chi connectivity index (χ1n) is 6.00. The molecular weight excluding hydrogens is 238 g/mol. The van der Waals surface area contributed by atoms with Gasteiger partial charge in [-0.2, -0.15) is 0 Å². The molecule has 2 aliphatic rings. The number of hydrogen-bond donors (Lipinski definition) is 1. The molecule has 1 saturated heterocycles. The molecule has 4 heteroatoms. The van der Waals surface area contributed by atoms with E-state index in [1.165, 1.54) is 0 Å². The maximum absolute atomic E-state index is 6.24. The predicted octanol–water partition coefficient (Wildman–Crippen LogP) is 2.67. The molecule has 17 heavy (non-hydrogen) atoms. The smallest absolute Gasteiger partial charge is 0.125 e. The van der Waals surface area contributed by atoms with Crippen LogP contribution in [0.2, 0.25) is 5.02 Å². The first-order valence-corrected chi connectivity index (χ1v) is 6.38. The van der Waals surface area contributed by atoms with Gasteiger partial charge in [-0.25, -0.2) is 0 Å². The molecule has 2 heterocycles. The molecule has 92 valence electrons. The average molecular weight is 254 g/mol. The molecule has 3 rings (SSSR count). The highest BCUT2D eigenvalue weighted by atomic mass is 35.5. The minimum absolute atomic E-state index is 0.00977. The van der Waals surface area contributed by atoms with Crippen LogP contribution in [0.4, 0.5) is 0 Å². The fraction of sp³-hybridized carbons (Fsp3) is 0.538. The van der Waals surface area contributed by atoms with Gasteiger partial charge in [0, 0.05) is 35.9 Å². The van der Waals surface area contributed by atoms with Gasteiger partial charge in [0.1, 0.15) is 11.4 Å². The fourth-order valence-corrected chi connectivity index (χ4v) is 2.92. The van der Waals surface area contributed by atoms with Crippen LogP contribution in [-0.4, -0.2) is 18.8 Å². The zero-order chi connectivity index (χ0) is 11.9. The Kier molecular flexibility index (Phi) is 2.77. The number of fused-ring (bicyclic) bond motifs is 1. The van der Waals surface area contributed by atoms with Crippen LogP contribution in [0.25, 0.3) is 0 Å². The van der Waals surface area contributed by atoms with E-state index < -0.39 is 0 Å². The maximum atomic E-state index is 6.24. The second-order valence-electron chi connectivity index (χ2n) is 4.89. The Morgan fingerprint density at radius 3 is 2.82 bits per heavy atom. The van der Waals surface area contributed by atoms with Crippen LogP contribution in [0.1, 0.15) is 30.9 Å². The van der Waals surface area contributed by atoms with E-state index in [0.29, 0.717) is 5.02 Å².